The minimum Gasteiger partial charge on any atom is -0.353 e. The molecule has 0 spiro atoms. The van der Waals surface area contributed by atoms with E-state index in [9.17, 15) is 9.18 Å². The van der Waals surface area contributed by atoms with E-state index < -0.39 is 5.67 Å². The summed E-state index contributed by atoms with van der Waals surface area (Å²) in [5.41, 5.74) is -1.18. The molecule has 1 aliphatic heterocycles. The number of amides is 1. The van der Waals surface area contributed by atoms with Gasteiger partial charge in [0.2, 0.25) is 5.91 Å². The molecule has 3 nitrogen and oxygen atoms in total. The van der Waals surface area contributed by atoms with Crippen LogP contribution < -0.4 is 10.6 Å². The maximum absolute atomic E-state index is 13.3. The molecule has 2 fully saturated rings. The molecule has 68 valence electrons. The molecule has 0 unspecified atom stereocenters. The third-order valence-corrected chi connectivity index (χ3v) is 2.41. The maximum atomic E-state index is 13.3. The van der Waals surface area contributed by atoms with Gasteiger partial charge < -0.3 is 10.6 Å². The smallest absolute Gasteiger partial charge is 0.223 e. The second kappa shape index (κ2) is 2.69. The van der Waals surface area contributed by atoms with E-state index in [0.29, 0.717) is 13.1 Å². The van der Waals surface area contributed by atoms with Crippen molar-refractivity contribution in [3.05, 3.63) is 0 Å². The molecule has 2 N–H and O–H groups in total. The number of halogens is 1. The van der Waals surface area contributed by atoms with Gasteiger partial charge in [-0.1, -0.05) is 0 Å². The summed E-state index contributed by atoms with van der Waals surface area (Å²) < 4.78 is 13.3. The summed E-state index contributed by atoms with van der Waals surface area (Å²) in [6.07, 6.45) is 1.95. The molecule has 1 saturated carbocycles. The maximum Gasteiger partial charge on any atom is 0.223 e. The van der Waals surface area contributed by atoms with Gasteiger partial charge in [-0.15, -0.1) is 0 Å². The van der Waals surface area contributed by atoms with Crippen LogP contribution in [0.25, 0.3) is 0 Å². The van der Waals surface area contributed by atoms with Crippen LogP contribution in [-0.2, 0) is 4.79 Å². The summed E-state index contributed by atoms with van der Waals surface area (Å²) in [5.74, 6) is 0.209. The SMILES string of the molecule is O=C(NCC1(F)CNC1)C1CC1. The van der Waals surface area contributed by atoms with Crippen molar-refractivity contribution in [2.75, 3.05) is 19.6 Å². The molecule has 0 radical (unpaired) electrons. The predicted octanol–water partition coefficient (Wildman–Crippen LogP) is -0.176. The van der Waals surface area contributed by atoms with Crippen LogP contribution in [0.15, 0.2) is 0 Å². The molecular formula is C8H13FN2O. The normalized spacial score (nSPS) is 26.1. The summed E-state index contributed by atoms with van der Waals surface area (Å²) in [4.78, 5) is 11.1. The molecule has 1 aliphatic carbocycles. The van der Waals surface area contributed by atoms with Gasteiger partial charge in [-0.3, -0.25) is 4.79 Å². The highest BCUT2D eigenvalue weighted by Crippen LogP contribution is 2.29. The highest BCUT2D eigenvalue weighted by atomic mass is 19.1. The molecule has 0 aromatic heterocycles. The van der Waals surface area contributed by atoms with Crippen LogP contribution >= 0.6 is 0 Å². The number of hydrogen-bond donors (Lipinski definition) is 2. The van der Waals surface area contributed by atoms with Gasteiger partial charge in [0, 0.05) is 19.0 Å². The second-order valence-electron chi connectivity index (χ2n) is 3.75. The predicted molar refractivity (Wildman–Crippen MR) is 42.4 cm³/mol. The minimum atomic E-state index is -1.18. The van der Waals surface area contributed by atoms with Crippen LogP contribution in [0.3, 0.4) is 0 Å². The van der Waals surface area contributed by atoms with Crippen LogP contribution in [0.2, 0.25) is 0 Å². The summed E-state index contributed by atoms with van der Waals surface area (Å²) in [6, 6.07) is 0. The minimum absolute atomic E-state index is 0.0268. The number of alkyl halides is 1. The van der Waals surface area contributed by atoms with Gasteiger partial charge in [0.05, 0.1) is 6.54 Å². The van der Waals surface area contributed by atoms with Gasteiger partial charge in [-0.25, -0.2) is 4.39 Å². The van der Waals surface area contributed by atoms with Crippen LogP contribution in [-0.4, -0.2) is 31.2 Å². The molecule has 12 heavy (non-hydrogen) atoms. The zero-order valence-corrected chi connectivity index (χ0v) is 6.90. The molecular weight excluding hydrogens is 159 g/mol. The average Bonchev–Trinajstić information content (AvgIpc) is 2.78. The van der Waals surface area contributed by atoms with Crippen molar-refractivity contribution in [1.82, 2.24) is 10.6 Å². The molecule has 1 saturated heterocycles. The van der Waals surface area contributed by atoms with E-state index in [-0.39, 0.29) is 18.4 Å². The number of hydrogen-bond acceptors (Lipinski definition) is 2. The first kappa shape index (κ1) is 7.98. The summed E-state index contributed by atoms with van der Waals surface area (Å²) in [7, 11) is 0. The number of carbonyl (C=O) groups is 1. The Balaban J connectivity index is 1.70. The molecule has 2 aliphatic rings. The lowest BCUT2D eigenvalue weighted by Gasteiger charge is -2.34. The van der Waals surface area contributed by atoms with Gasteiger partial charge in [0.25, 0.3) is 0 Å². The lowest BCUT2D eigenvalue weighted by atomic mass is 10.00. The Morgan fingerprint density at radius 2 is 2.25 bits per heavy atom. The van der Waals surface area contributed by atoms with Gasteiger partial charge in [-0.05, 0) is 12.8 Å². The van der Waals surface area contributed by atoms with Crippen LogP contribution in [0, 0.1) is 5.92 Å². The van der Waals surface area contributed by atoms with Gasteiger partial charge in [0.15, 0.2) is 5.67 Å². The Kier molecular flexibility index (Phi) is 1.79. The number of rotatable bonds is 3. The zero-order chi connectivity index (χ0) is 8.60. The largest absolute Gasteiger partial charge is 0.353 e. The number of nitrogens with one attached hydrogen (secondary N) is 2. The first-order chi connectivity index (χ1) is 5.70. The topological polar surface area (TPSA) is 41.1 Å². The monoisotopic (exact) mass is 172 g/mol. The number of carbonyl (C=O) groups excluding carboxylic acids is 1. The first-order valence-electron chi connectivity index (χ1n) is 4.37. The van der Waals surface area contributed by atoms with Gasteiger partial charge >= 0.3 is 0 Å². The third kappa shape index (κ3) is 1.58. The van der Waals surface area contributed by atoms with Crippen LogP contribution in [0.1, 0.15) is 12.8 Å². The Morgan fingerprint density at radius 1 is 1.58 bits per heavy atom. The quantitative estimate of drug-likeness (QED) is 0.620. The van der Waals surface area contributed by atoms with Gasteiger partial charge in [0.1, 0.15) is 0 Å². The van der Waals surface area contributed by atoms with E-state index in [1.807, 2.05) is 0 Å². The Labute approximate surface area is 70.7 Å². The average molecular weight is 172 g/mol. The molecule has 0 aromatic rings. The Hall–Kier alpha value is -0.640. The van der Waals surface area contributed by atoms with E-state index in [1.54, 1.807) is 0 Å². The highest BCUT2D eigenvalue weighted by molar-refractivity contribution is 5.80. The van der Waals surface area contributed by atoms with Crippen molar-refractivity contribution in [3.8, 4) is 0 Å². The van der Waals surface area contributed by atoms with Crippen molar-refractivity contribution in [2.24, 2.45) is 5.92 Å². The van der Waals surface area contributed by atoms with Crippen molar-refractivity contribution >= 4 is 5.91 Å². The first-order valence-corrected chi connectivity index (χ1v) is 4.37. The van der Waals surface area contributed by atoms with E-state index >= 15 is 0 Å². The van der Waals surface area contributed by atoms with E-state index in [0.717, 1.165) is 12.8 Å². The van der Waals surface area contributed by atoms with Crippen LogP contribution in [0.5, 0.6) is 0 Å². The second-order valence-corrected chi connectivity index (χ2v) is 3.75. The molecule has 1 heterocycles. The fourth-order valence-corrected chi connectivity index (χ4v) is 1.26. The van der Waals surface area contributed by atoms with Crippen molar-refractivity contribution in [2.45, 2.75) is 18.5 Å². The van der Waals surface area contributed by atoms with E-state index in [2.05, 4.69) is 10.6 Å². The lowest BCUT2D eigenvalue weighted by Crippen LogP contribution is -2.61. The fourth-order valence-electron chi connectivity index (χ4n) is 1.26. The van der Waals surface area contributed by atoms with E-state index in [1.165, 1.54) is 0 Å². The summed E-state index contributed by atoms with van der Waals surface area (Å²) in [6.45, 7) is 0.922. The summed E-state index contributed by atoms with van der Waals surface area (Å²) in [5, 5.41) is 5.48. The highest BCUT2D eigenvalue weighted by Gasteiger charge is 2.38. The fraction of sp³-hybridized carbons (Fsp3) is 0.875. The third-order valence-electron chi connectivity index (χ3n) is 2.41. The van der Waals surface area contributed by atoms with Crippen molar-refractivity contribution in [3.63, 3.8) is 0 Å². The lowest BCUT2D eigenvalue weighted by molar-refractivity contribution is -0.123. The van der Waals surface area contributed by atoms with Crippen LogP contribution in [0.4, 0.5) is 4.39 Å². The molecule has 4 heteroatoms. The molecule has 0 aromatic carbocycles. The standard InChI is InChI=1S/C8H13FN2O/c9-8(3-10-4-8)5-11-7(12)6-1-2-6/h6,10H,1-5H2,(H,11,12). The zero-order valence-electron chi connectivity index (χ0n) is 6.90. The Morgan fingerprint density at radius 3 is 2.67 bits per heavy atom. The summed E-state index contributed by atoms with van der Waals surface area (Å²) >= 11 is 0. The van der Waals surface area contributed by atoms with E-state index in [4.69, 9.17) is 0 Å². The van der Waals surface area contributed by atoms with Crippen molar-refractivity contribution < 1.29 is 9.18 Å². The molecule has 0 bridgehead atoms. The van der Waals surface area contributed by atoms with Crippen molar-refractivity contribution in [1.29, 1.82) is 0 Å². The Bertz CT molecular complexity index is 199. The molecule has 1 amide bonds. The molecule has 0 atom stereocenters. The molecule has 2 rings (SSSR count). The van der Waals surface area contributed by atoms with Gasteiger partial charge in [-0.2, -0.15) is 0 Å².